The van der Waals surface area contributed by atoms with Crippen LogP contribution in [0.4, 0.5) is 0 Å². The number of benzene rings is 1. The lowest BCUT2D eigenvalue weighted by molar-refractivity contribution is 0.0493. The monoisotopic (exact) mass is 417 g/mol. The van der Waals surface area contributed by atoms with Crippen molar-refractivity contribution in [2.45, 2.75) is 19.6 Å². The van der Waals surface area contributed by atoms with Crippen molar-refractivity contribution in [3.63, 3.8) is 0 Å². The quantitative estimate of drug-likeness (QED) is 0.667. The van der Waals surface area contributed by atoms with Crippen LogP contribution in [0.3, 0.4) is 0 Å². The van der Waals surface area contributed by atoms with Crippen molar-refractivity contribution in [2.75, 3.05) is 19.8 Å². The molecule has 0 aliphatic rings. The molecule has 0 amide bonds. The zero-order valence-electron chi connectivity index (χ0n) is 13.4. The van der Waals surface area contributed by atoms with Gasteiger partial charge in [0.15, 0.2) is 0 Å². The number of nitrogens with two attached hydrogens (primary N) is 1. The lowest BCUT2D eigenvalue weighted by atomic mass is 10.2. The molecule has 1 atom stereocenters. The highest BCUT2D eigenvalue weighted by atomic mass is 79.9. The molecule has 1 aromatic carbocycles. The summed E-state index contributed by atoms with van der Waals surface area (Å²) in [7, 11) is 0. The van der Waals surface area contributed by atoms with E-state index in [0.717, 1.165) is 5.56 Å². The minimum Gasteiger partial charge on any atom is -0.461 e. The first-order valence-electron chi connectivity index (χ1n) is 7.39. The third-order valence-electron chi connectivity index (χ3n) is 3.23. The van der Waals surface area contributed by atoms with E-state index in [1.165, 1.54) is 0 Å². The Labute approximate surface area is 155 Å². The fourth-order valence-electron chi connectivity index (χ4n) is 2.13. The summed E-state index contributed by atoms with van der Waals surface area (Å²) in [5.74, 6) is -0.424. The Balaban J connectivity index is 0.00000288. The van der Waals surface area contributed by atoms with Crippen LogP contribution in [-0.4, -0.2) is 35.5 Å². The molecule has 0 bridgehead atoms. The maximum Gasteiger partial charge on any atom is 0.356 e. The Morgan fingerprint density at radius 2 is 2.08 bits per heavy atom. The molecule has 2 aromatic rings. The largest absolute Gasteiger partial charge is 0.461 e. The van der Waals surface area contributed by atoms with E-state index in [9.17, 15) is 4.79 Å². The summed E-state index contributed by atoms with van der Waals surface area (Å²) < 4.78 is 12.9. The molecular formula is C16H21BrClN3O3. The van der Waals surface area contributed by atoms with E-state index in [0.29, 0.717) is 36.7 Å². The number of carbonyl (C=O) groups is 1. The standard InChI is InChI=1S/C16H20BrN3O3.ClH/c1-2-23-16(21)14-8-15(17)19-20(14)13(9-18)11-22-10-12-6-4-3-5-7-12;/h3-8,13H,2,9-11,18H2,1H3;1H/t13-;/m1./s1. The molecule has 0 aliphatic carbocycles. The predicted molar refractivity (Wildman–Crippen MR) is 97.3 cm³/mol. The highest BCUT2D eigenvalue weighted by molar-refractivity contribution is 9.10. The highest BCUT2D eigenvalue weighted by Crippen LogP contribution is 2.17. The van der Waals surface area contributed by atoms with Gasteiger partial charge in [-0.3, -0.25) is 4.68 Å². The summed E-state index contributed by atoms with van der Waals surface area (Å²) in [5, 5.41) is 4.28. The second-order valence-electron chi connectivity index (χ2n) is 4.91. The van der Waals surface area contributed by atoms with Crippen LogP contribution in [0.1, 0.15) is 29.0 Å². The number of halogens is 2. The summed E-state index contributed by atoms with van der Waals surface area (Å²) in [6.07, 6.45) is 0. The third-order valence-corrected chi connectivity index (χ3v) is 3.62. The van der Waals surface area contributed by atoms with Gasteiger partial charge in [0.05, 0.1) is 25.9 Å². The van der Waals surface area contributed by atoms with Gasteiger partial charge in [-0.15, -0.1) is 12.4 Å². The van der Waals surface area contributed by atoms with Crippen LogP contribution >= 0.6 is 28.3 Å². The Bertz CT molecular complexity index is 637. The molecule has 132 valence electrons. The van der Waals surface area contributed by atoms with Crippen molar-refractivity contribution in [3.8, 4) is 0 Å². The van der Waals surface area contributed by atoms with Crippen LogP contribution in [-0.2, 0) is 16.1 Å². The average molecular weight is 419 g/mol. The van der Waals surface area contributed by atoms with Gasteiger partial charge in [0.2, 0.25) is 0 Å². The SMILES string of the molecule is CCOC(=O)c1cc(Br)nn1[C@H](CN)COCc1ccccc1.Cl. The van der Waals surface area contributed by atoms with E-state index in [-0.39, 0.29) is 18.4 Å². The predicted octanol–water partition coefficient (Wildman–Crippen LogP) is 2.96. The zero-order valence-corrected chi connectivity index (χ0v) is 15.8. The van der Waals surface area contributed by atoms with Crippen molar-refractivity contribution >= 4 is 34.3 Å². The number of hydrogen-bond donors (Lipinski definition) is 1. The molecule has 1 heterocycles. The first kappa shape index (κ1) is 20.6. The molecule has 0 fully saturated rings. The maximum atomic E-state index is 12.0. The average Bonchev–Trinajstić information content (AvgIpc) is 2.94. The third kappa shape index (κ3) is 5.59. The molecule has 8 heteroatoms. The Kier molecular flexibility index (Phi) is 8.99. The Morgan fingerprint density at radius 3 is 2.71 bits per heavy atom. The molecule has 0 unspecified atom stereocenters. The van der Waals surface area contributed by atoms with E-state index < -0.39 is 5.97 Å². The van der Waals surface area contributed by atoms with E-state index in [1.807, 2.05) is 30.3 Å². The van der Waals surface area contributed by atoms with Gasteiger partial charge in [0.1, 0.15) is 10.3 Å². The van der Waals surface area contributed by atoms with Gasteiger partial charge in [-0.2, -0.15) is 5.10 Å². The lowest BCUT2D eigenvalue weighted by Crippen LogP contribution is -2.28. The van der Waals surface area contributed by atoms with Crippen molar-refractivity contribution in [1.82, 2.24) is 9.78 Å². The molecule has 0 aliphatic heterocycles. The summed E-state index contributed by atoms with van der Waals surface area (Å²) in [4.78, 5) is 12.0. The van der Waals surface area contributed by atoms with Gasteiger partial charge < -0.3 is 15.2 Å². The fraction of sp³-hybridized carbons (Fsp3) is 0.375. The number of rotatable bonds is 8. The van der Waals surface area contributed by atoms with Crippen LogP contribution < -0.4 is 5.73 Å². The molecule has 0 saturated heterocycles. The van der Waals surface area contributed by atoms with Crippen LogP contribution in [0.2, 0.25) is 0 Å². The first-order chi connectivity index (χ1) is 11.2. The van der Waals surface area contributed by atoms with E-state index in [1.54, 1.807) is 17.7 Å². The van der Waals surface area contributed by atoms with Crippen LogP contribution in [0.5, 0.6) is 0 Å². The maximum absolute atomic E-state index is 12.0. The van der Waals surface area contributed by atoms with E-state index >= 15 is 0 Å². The molecule has 1 aromatic heterocycles. The number of nitrogens with zero attached hydrogens (tertiary/aromatic N) is 2. The number of ether oxygens (including phenoxy) is 2. The highest BCUT2D eigenvalue weighted by Gasteiger charge is 2.21. The zero-order chi connectivity index (χ0) is 16.7. The molecule has 24 heavy (non-hydrogen) atoms. The second kappa shape index (κ2) is 10.5. The van der Waals surface area contributed by atoms with Gasteiger partial charge >= 0.3 is 5.97 Å². The van der Waals surface area contributed by atoms with Crippen molar-refractivity contribution in [1.29, 1.82) is 0 Å². The lowest BCUT2D eigenvalue weighted by Gasteiger charge is -2.18. The molecule has 6 nitrogen and oxygen atoms in total. The van der Waals surface area contributed by atoms with Gasteiger partial charge in [-0.05, 0) is 28.4 Å². The van der Waals surface area contributed by atoms with E-state index in [2.05, 4.69) is 21.0 Å². The molecule has 0 saturated carbocycles. The molecule has 2 rings (SSSR count). The Morgan fingerprint density at radius 1 is 1.38 bits per heavy atom. The minimum absolute atomic E-state index is 0. The summed E-state index contributed by atoms with van der Waals surface area (Å²) in [5.41, 5.74) is 7.27. The minimum atomic E-state index is -0.424. The van der Waals surface area contributed by atoms with E-state index in [4.69, 9.17) is 15.2 Å². The molecule has 0 spiro atoms. The van der Waals surface area contributed by atoms with Gasteiger partial charge in [0.25, 0.3) is 0 Å². The van der Waals surface area contributed by atoms with Crippen molar-refractivity contribution in [2.24, 2.45) is 5.73 Å². The number of esters is 1. The summed E-state index contributed by atoms with van der Waals surface area (Å²) >= 11 is 3.28. The van der Waals surface area contributed by atoms with Crippen LogP contribution in [0.15, 0.2) is 41.0 Å². The normalized spacial score (nSPS) is 11.6. The number of hydrogen-bond acceptors (Lipinski definition) is 5. The van der Waals surface area contributed by atoms with Gasteiger partial charge in [-0.1, -0.05) is 30.3 Å². The molecule has 0 radical (unpaired) electrons. The first-order valence-corrected chi connectivity index (χ1v) is 8.19. The fourth-order valence-corrected chi connectivity index (χ4v) is 2.51. The Hall–Kier alpha value is -1.41. The number of aromatic nitrogens is 2. The summed E-state index contributed by atoms with van der Waals surface area (Å²) in [6, 6.07) is 11.2. The topological polar surface area (TPSA) is 79.4 Å². The number of carbonyl (C=O) groups excluding carboxylic acids is 1. The van der Waals surface area contributed by atoms with Crippen LogP contribution in [0, 0.1) is 0 Å². The molecule has 2 N–H and O–H groups in total. The smallest absolute Gasteiger partial charge is 0.356 e. The second-order valence-corrected chi connectivity index (χ2v) is 5.72. The van der Waals surface area contributed by atoms with Crippen LogP contribution in [0.25, 0.3) is 0 Å². The summed E-state index contributed by atoms with van der Waals surface area (Å²) in [6.45, 7) is 3.20. The van der Waals surface area contributed by atoms with Crippen molar-refractivity contribution in [3.05, 3.63) is 52.3 Å². The van der Waals surface area contributed by atoms with Gasteiger partial charge in [-0.25, -0.2) is 4.79 Å². The van der Waals surface area contributed by atoms with Crippen molar-refractivity contribution < 1.29 is 14.3 Å². The molecular weight excluding hydrogens is 398 g/mol. The van der Waals surface area contributed by atoms with Gasteiger partial charge in [0, 0.05) is 12.6 Å².